The van der Waals surface area contributed by atoms with Crippen molar-refractivity contribution >= 4 is 22.2 Å². The van der Waals surface area contributed by atoms with E-state index in [1.807, 2.05) is 30.3 Å². The fraction of sp³-hybridized carbons (Fsp3) is 0.118. The van der Waals surface area contributed by atoms with Crippen LogP contribution in [0.1, 0.15) is 11.1 Å². The lowest BCUT2D eigenvalue weighted by atomic mass is 10.0. The van der Waals surface area contributed by atoms with E-state index >= 15 is 0 Å². The van der Waals surface area contributed by atoms with Crippen molar-refractivity contribution in [2.24, 2.45) is 0 Å². The van der Waals surface area contributed by atoms with Gasteiger partial charge >= 0.3 is 0 Å². The zero-order valence-electron chi connectivity index (χ0n) is 11.8. The van der Waals surface area contributed by atoms with Crippen LogP contribution in [0.4, 0.5) is 0 Å². The van der Waals surface area contributed by atoms with Crippen molar-refractivity contribution in [3.8, 4) is 17.6 Å². The van der Waals surface area contributed by atoms with Crippen LogP contribution in [0.25, 0.3) is 10.6 Å². The molecule has 0 bridgehead atoms. The third-order valence-corrected chi connectivity index (χ3v) is 3.43. The van der Waals surface area contributed by atoms with E-state index in [1.165, 1.54) is 0 Å². The topological polar surface area (TPSA) is 42.2 Å². The summed E-state index contributed by atoms with van der Waals surface area (Å²) in [6.45, 7) is 0. The summed E-state index contributed by atoms with van der Waals surface area (Å²) in [5, 5.41) is 9.77. The molecule has 0 amide bonds. The number of benzene rings is 2. The summed E-state index contributed by atoms with van der Waals surface area (Å²) in [6.07, 6.45) is 0. The highest BCUT2D eigenvalue weighted by Crippen LogP contribution is 2.36. The molecule has 0 N–H and O–H groups in total. The van der Waals surface area contributed by atoms with Gasteiger partial charge in [-0.3, -0.25) is 0 Å². The van der Waals surface area contributed by atoms with E-state index in [2.05, 4.69) is 6.07 Å². The van der Waals surface area contributed by atoms with Gasteiger partial charge in [-0.25, -0.2) is 0 Å². The van der Waals surface area contributed by atoms with E-state index < -0.39 is 0 Å². The first-order chi connectivity index (χ1) is 10.2. The Labute approximate surface area is 129 Å². The maximum Gasteiger partial charge on any atom is 0.127 e. The van der Waals surface area contributed by atoms with Gasteiger partial charge in [0.15, 0.2) is 0 Å². The highest BCUT2D eigenvalue weighted by Gasteiger charge is 2.14. The van der Waals surface area contributed by atoms with Crippen LogP contribution in [-0.2, 0) is 0 Å². The van der Waals surface area contributed by atoms with E-state index in [1.54, 1.807) is 32.4 Å². The number of hydrogen-bond donors (Lipinski definition) is 0. The maximum atomic E-state index is 9.44. The Kier molecular flexibility index (Phi) is 4.86. The first kappa shape index (κ1) is 15.0. The molecule has 0 heterocycles. The van der Waals surface area contributed by atoms with Crippen LogP contribution in [0.5, 0.6) is 11.5 Å². The first-order valence-electron chi connectivity index (χ1n) is 6.29. The summed E-state index contributed by atoms with van der Waals surface area (Å²) in [7, 11) is 3.13. The molecule has 0 atom stereocenters. The van der Waals surface area contributed by atoms with Crippen LogP contribution in [0.3, 0.4) is 0 Å². The van der Waals surface area contributed by atoms with Crippen molar-refractivity contribution in [1.29, 1.82) is 5.26 Å². The lowest BCUT2D eigenvalue weighted by Crippen LogP contribution is -1.93. The molecule has 2 rings (SSSR count). The minimum absolute atomic E-state index is 0.333. The van der Waals surface area contributed by atoms with Gasteiger partial charge < -0.3 is 9.47 Å². The fourth-order valence-corrected chi connectivity index (χ4v) is 2.26. The van der Waals surface area contributed by atoms with E-state index in [4.69, 9.17) is 21.1 Å². The number of hydrogen-bond acceptors (Lipinski definition) is 3. The smallest absolute Gasteiger partial charge is 0.127 e. The predicted molar refractivity (Wildman–Crippen MR) is 84.3 cm³/mol. The van der Waals surface area contributed by atoms with Crippen LogP contribution < -0.4 is 9.47 Å². The SMILES string of the molecule is COc1ccc(OC)c(C(Cl)=C(C#N)c2ccccc2)c1. The maximum absolute atomic E-state index is 9.44. The molecule has 106 valence electrons. The molecule has 0 aliphatic rings. The third kappa shape index (κ3) is 3.18. The number of ether oxygens (including phenoxy) is 2. The summed E-state index contributed by atoms with van der Waals surface area (Å²) >= 11 is 6.44. The van der Waals surface area contributed by atoms with Crippen LogP contribution in [0, 0.1) is 11.3 Å². The zero-order valence-corrected chi connectivity index (χ0v) is 12.5. The highest BCUT2D eigenvalue weighted by molar-refractivity contribution is 6.53. The molecule has 21 heavy (non-hydrogen) atoms. The second-order valence-electron chi connectivity index (χ2n) is 4.23. The second kappa shape index (κ2) is 6.83. The average Bonchev–Trinajstić information content (AvgIpc) is 2.55. The van der Waals surface area contributed by atoms with Crippen molar-refractivity contribution in [2.75, 3.05) is 14.2 Å². The largest absolute Gasteiger partial charge is 0.497 e. The molecule has 0 unspecified atom stereocenters. The van der Waals surface area contributed by atoms with Crippen molar-refractivity contribution < 1.29 is 9.47 Å². The molecule has 2 aromatic rings. The van der Waals surface area contributed by atoms with Gasteiger partial charge in [-0.15, -0.1) is 0 Å². The summed E-state index contributed by atoms with van der Waals surface area (Å²) in [4.78, 5) is 0. The van der Waals surface area contributed by atoms with Gasteiger partial charge in [-0.2, -0.15) is 5.26 Å². The minimum Gasteiger partial charge on any atom is -0.497 e. The summed E-state index contributed by atoms with van der Waals surface area (Å²) < 4.78 is 10.5. The summed E-state index contributed by atoms with van der Waals surface area (Å²) in [5.74, 6) is 1.23. The standard InChI is InChI=1S/C17H14ClNO2/c1-20-13-8-9-16(21-2)14(10-13)17(18)15(11-19)12-6-4-3-5-7-12/h3-10H,1-2H3. The van der Waals surface area contributed by atoms with Crippen molar-refractivity contribution in [3.63, 3.8) is 0 Å². The Hall–Kier alpha value is -2.44. The number of methoxy groups -OCH3 is 2. The molecule has 3 nitrogen and oxygen atoms in total. The molecule has 0 saturated carbocycles. The molecule has 0 aromatic heterocycles. The molecular weight excluding hydrogens is 286 g/mol. The first-order valence-corrected chi connectivity index (χ1v) is 6.66. The molecule has 0 aliphatic heterocycles. The average molecular weight is 300 g/mol. The Balaban J connectivity index is 2.63. The molecule has 4 heteroatoms. The Bertz CT molecular complexity index is 702. The second-order valence-corrected chi connectivity index (χ2v) is 4.61. The lowest BCUT2D eigenvalue weighted by molar-refractivity contribution is 0.402. The Morgan fingerprint density at radius 1 is 1.05 bits per heavy atom. The predicted octanol–water partition coefficient (Wildman–Crippen LogP) is 4.33. The lowest BCUT2D eigenvalue weighted by Gasteiger charge is -2.11. The molecule has 2 aromatic carbocycles. The highest BCUT2D eigenvalue weighted by atomic mass is 35.5. The Morgan fingerprint density at radius 3 is 2.33 bits per heavy atom. The normalized spacial score (nSPS) is 11.3. The van der Waals surface area contributed by atoms with Gasteiger partial charge in [0, 0.05) is 5.56 Å². The van der Waals surface area contributed by atoms with Crippen LogP contribution in [0.2, 0.25) is 0 Å². The molecule has 0 spiro atoms. The van der Waals surface area contributed by atoms with Gasteiger partial charge in [0.2, 0.25) is 0 Å². The van der Waals surface area contributed by atoms with Crippen LogP contribution >= 0.6 is 11.6 Å². The van der Waals surface area contributed by atoms with Gasteiger partial charge in [0.25, 0.3) is 0 Å². The van der Waals surface area contributed by atoms with Gasteiger partial charge in [-0.05, 0) is 23.8 Å². The molecule has 0 fully saturated rings. The summed E-state index contributed by atoms with van der Waals surface area (Å²) in [6, 6.07) is 16.7. The van der Waals surface area contributed by atoms with E-state index in [9.17, 15) is 5.26 Å². The van der Waals surface area contributed by atoms with Crippen molar-refractivity contribution in [2.45, 2.75) is 0 Å². The molecule has 0 aliphatic carbocycles. The molecule has 0 radical (unpaired) electrons. The van der Waals surface area contributed by atoms with Crippen molar-refractivity contribution in [1.82, 2.24) is 0 Å². The quantitative estimate of drug-likeness (QED) is 0.623. The van der Waals surface area contributed by atoms with Crippen LogP contribution in [-0.4, -0.2) is 14.2 Å². The van der Waals surface area contributed by atoms with E-state index in [0.29, 0.717) is 27.7 Å². The van der Waals surface area contributed by atoms with E-state index in [0.717, 1.165) is 5.56 Å². The number of nitrogens with zero attached hydrogens (tertiary/aromatic N) is 1. The zero-order chi connectivity index (χ0) is 15.2. The summed E-state index contributed by atoms with van der Waals surface area (Å²) in [5.41, 5.74) is 1.78. The number of nitriles is 1. The van der Waals surface area contributed by atoms with Crippen molar-refractivity contribution in [3.05, 3.63) is 59.7 Å². The monoisotopic (exact) mass is 299 g/mol. The fourth-order valence-electron chi connectivity index (χ4n) is 1.97. The number of rotatable bonds is 4. The number of allylic oxidation sites excluding steroid dienone is 1. The Morgan fingerprint density at radius 2 is 1.76 bits per heavy atom. The molecular formula is C17H14ClNO2. The third-order valence-electron chi connectivity index (χ3n) is 3.04. The van der Waals surface area contributed by atoms with Gasteiger partial charge in [0.05, 0.1) is 24.8 Å². The molecule has 0 saturated heterocycles. The van der Waals surface area contributed by atoms with E-state index in [-0.39, 0.29) is 0 Å². The van der Waals surface area contributed by atoms with Gasteiger partial charge in [0.1, 0.15) is 17.6 Å². The number of halogens is 1. The van der Waals surface area contributed by atoms with Gasteiger partial charge in [-0.1, -0.05) is 41.9 Å². The minimum atomic E-state index is 0.333. The van der Waals surface area contributed by atoms with Crippen LogP contribution in [0.15, 0.2) is 48.5 Å².